The van der Waals surface area contributed by atoms with Gasteiger partial charge < -0.3 is 5.11 Å². The van der Waals surface area contributed by atoms with Gasteiger partial charge in [-0.1, -0.05) is 103 Å². The molecule has 2 saturated carbocycles. The molecule has 4 amide bonds. The lowest BCUT2D eigenvalue weighted by atomic mass is 9.49. The van der Waals surface area contributed by atoms with Crippen LogP contribution in [-0.2, 0) is 31.0 Å². The summed E-state index contributed by atoms with van der Waals surface area (Å²) in [6.45, 7) is 5.86. The minimum atomic E-state index is -1.43. The van der Waals surface area contributed by atoms with Crippen LogP contribution in [0.25, 0.3) is 0 Å². The van der Waals surface area contributed by atoms with Crippen LogP contribution in [0.1, 0.15) is 73.1 Å². The molecule has 2 N–H and O–H groups in total. The van der Waals surface area contributed by atoms with Crippen LogP contribution in [0.3, 0.4) is 0 Å². The number of hydrogen-bond acceptors (Lipinski definition) is 6. The highest BCUT2D eigenvalue weighted by atomic mass is 16.3. The molecule has 0 unspecified atom stereocenters. The fourth-order valence-electron chi connectivity index (χ4n) is 9.98. The third kappa shape index (κ3) is 4.71. The Morgan fingerprint density at radius 3 is 2.34 bits per heavy atom. The molecule has 6 atom stereocenters. The Balaban J connectivity index is 1.32. The number of anilines is 1. The summed E-state index contributed by atoms with van der Waals surface area (Å²) in [5.74, 6) is -4.20. The van der Waals surface area contributed by atoms with Gasteiger partial charge in [0.25, 0.3) is 11.8 Å². The molecule has 5 aliphatic rings. The van der Waals surface area contributed by atoms with Crippen LogP contribution in [0, 0.1) is 30.6 Å². The lowest BCUT2D eigenvalue weighted by Gasteiger charge is -2.50. The van der Waals surface area contributed by atoms with Crippen molar-refractivity contribution in [2.75, 3.05) is 5.43 Å². The molecule has 256 valence electrons. The Kier molecular flexibility index (Phi) is 8.00. The Labute approximate surface area is 292 Å². The second-order valence-electron chi connectivity index (χ2n) is 14.8. The summed E-state index contributed by atoms with van der Waals surface area (Å²) in [4.78, 5) is 60.3. The second-order valence-corrected chi connectivity index (χ2v) is 14.8. The van der Waals surface area contributed by atoms with Gasteiger partial charge in [0, 0.05) is 17.5 Å². The predicted octanol–water partition coefficient (Wildman–Crippen LogP) is 6.75. The maximum Gasteiger partial charge on any atom is 0.260 e. The molecule has 2 saturated heterocycles. The number of para-hydroxylation sites is 1. The summed E-state index contributed by atoms with van der Waals surface area (Å²) in [7, 11) is 0. The van der Waals surface area contributed by atoms with Crippen molar-refractivity contribution in [2.45, 2.75) is 75.7 Å². The summed E-state index contributed by atoms with van der Waals surface area (Å²) in [6.07, 6.45) is 9.54. The number of phenolic OH excluding ortho intramolecular Hbond substituents is 1. The molecule has 3 aromatic carbocycles. The summed E-state index contributed by atoms with van der Waals surface area (Å²) < 4.78 is 0. The van der Waals surface area contributed by atoms with E-state index in [9.17, 15) is 19.5 Å². The first-order valence-electron chi connectivity index (χ1n) is 18.0. The number of aryl methyl sites for hydroxylation is 1. The molecule has 2 aliphatic heterocycles. The highest BCUT2D eigenvalue weighted by molar-refractivity contribution is 6.13. The van der Waals surface area contributed by atoms with E-state index in [1.54, 1.807) is 11.0 Å². The van der Waals surface area contributed by atoms with Gasteiger partial charge >= 0.3 is 0 Å². The van der Waals surface area contributed by atoms with E-state index >= 15 is 4.79 Å². The number of phenols is 1. The number of imide groups is 2. The van der Waals surface area contributed by atoms with Crippen molar-refractivity contribution in [3.05, 3.63) is 119 Å². The van der Waals surface area contributed by atoms with Gasteiger partial charge in [0.2, 0.25) is 11.8 Å². The number of hydrogen-bond donors (Lipinski definition) is 2. The summed E-state index contributed by atoms with van der Waals surface area (Å²) in [5, 5.41) is 13.1. The number of benzene rings is 3. The van der Waals surface area contributed by atoms with E-state index in [4.69, 9.17) is 0 Å². The first-order valence-corrected chi connectivity index (χ1v) is 18.0. The molecule has 2 heterocycles. The Hall–Kier alpha value is -4.98. The molecule has 8 rings (SSSR count). The number of nitrogens with one attached hydrogen (secondary N) is 1. The van der Waals surface area contributed by atoms with Crippen molar-refractivity contribution >= 4 is 29.3 Å². The highest BCUT2D eigenvalue weighted by Gasteiger charge is 2.70. The normalized spacial score (nSPS) is 29.4. The summed E-state index contributed by atoms with van der Waals surface area (Å²) in [6, 6.07) is 22.4. The topological polar surface area (TPSA) is 107 Å². The third-order valence-electron chi connectivity index (χ3n) is 12.2. The fourth-order valence-corrected chi connectivity index (χ4v) is 9.98. The molecule has 8 heteroatoms. The first-order chi connectivity index (χ1) is 24.3. The standard InChI is InChI=1S/C42H43N3O5/c1-3-11-26-12-10-17-32(37(26)46)36-30-22-23-31-35(40(49)44(38(31)47)29-15-8-5-9-16-29)33(30)24-34-39(48)45(43-28-20-18-25(2)19-21-28)41(50)42(34,36)27-13-6-4-7-14-27/h3-4,6-7,10,12-14,17-22,29,31,33-36,43,46H,1,5,8-9,11,15-16,23-24H2,2H3/t31-,33+,34-,35-,36+,42+/m0/s1. The summed E-state index contributed by atoms with van der Waals surface area (Å²) >= 11 is 0. The maximum absolute atomic E-state index is 15.3. The van der Waals surface area contributed by atoms with Crippen LogP contribution in [-0.4, -0.2) is 44.7 Å². The van der Waals surface area contributed by atoms with Gasteiger partial charge in [-0.3, -0.25) is 29.5 Å². The molecule has 4 fully saturated rings. The molecule has 0 spiro atoms. The minimum Gasteiger partial charge on any atom is -0.507 e. The SMILES string of the molecule is C=CCc1cccc([C@H]2C3=CC[C@@H]4C(=O)N(C5CCCCC5)C(=O)[C@@H]4[C@@H]3C[C@H]3C(=O)N(Nc4ccc(C)cc4)C(=O)[C@@]23c2ccccc2)c1O. The van der Waals surface area contributed by atoms with Crippen LogP contribution >= 0.6 is 0 Å². The average molecular weight is 670 g/mol. The van der Waals surface area contributed by atoms with Gasteiger partial charge in [-0.15, -0.1) is 6.58 Å². The maximum atomic E-state index is 15.3. The summed E-state index contributed by atoms with van der Waals surface area (Å²) in [5.41, 5.74) is 6.08. The molecule has 50 heavy (non-hydrogen) atoms. The quantitative estimate of drug-likeness (QED) is 0.213. The van der Waals surface area contributed by atoms with Crippen LogP contribution < -0.4 is 5.43 Å². The van der Waals surface area contributed by atoms with Crippen molar-refractivity contribution in [1.82, 2.24) is 9.91 Å². The molecular weight excluding hydrogens is 626 g/mol. The Bertz CT molecular complexity index is 1910. The van der Waals surface area contributed by atoms with Crippen LogP contribution in [0.15, 0.2) is 97.1 Å². The highest BCUT2D eigenvalue weighted by Crippen LogP contribution is 2.65. The molecule has 3 aromatic rings. The van der Waals surface area contributed by atoms with Crippen molar-refractivity contribution in [2.24, 2.45) is 23.7 Å². The Morgan fingerprint density at radius 2 is 1.62 bits per heavy atom. The van der Waals surface area contributed by atoms with Gasteiger partial charge in [0.1, 0.15) is 5.75 Å². The molecule has 0 bridgehead atoms. The Morgan fingerprint density at radius 1 is 0.880 bits per heavy atom. The van der Waals surface area contributed by atoms with Crippen LogP contribution in [0.4, 0.5) is 5.69 Å². The number of carbonyl (C=O) groups is 4. The van der Waals surface area contributed by atoms with Crippen molar-refractivity contribution in [1.29, 1.82) is 0 Å². The van der Waals surface area contributed by atoms with E-state index in [2.05, 4.69) is 18.1 Å². The zero-order chi connectivity index (χ0) is 34.7. The van der Waals surface area contributed by atoms with E-state index in [1.807, 2.05) is 79.7 Å². The van der Waals surface area contributed by atoms with E-state index in [0.29, 0.717) is 35.2 Å². The monoisotopic (exact) mass is 669 g/mol. The van der Waals surface area contributed by atoms with E-state index in [1.165, 1.54) is 0 Å². The molecule has 0 aromatic heterocycles. The van der Waals surface area contributed by atoms with Gasteiger partial charge in [-0.2, -0.15) is 5.01 Å². The molecule has 0 radical (unpaired) electrons. The van der Waals surface area contributed by atoms with E-state index in [0.717, 1.165) is 48.2 Å². The lowest BCUT2D eigenvalue weighted by molar-refractivity contribution is -0.144. The second kappa shape index (κ2) is 12.4. The predicted molar refractivity (Wildman–Crippen MR) is 190 cm³/mol. The number of amides is 4. The van der Waals surface area contributed by atoms with Crippen molar-refractivity contribution in [3.63, 3.8) is 0 Å². The average Bonchev–Trinajstić information content (AvgIpc) is 3.52. The van der Waals surface area contributed by atoms with Crippen LogP contribution in [0.2, 0.25) is 0 Å². The lowest BCUT2D eigenvalue weighted by Crippen LogP contribution is -2.53. The minimum absolute atomic E-state index is 0.0537. The van der Waals surface area contributed by atoms with Gasteiger partial charge in [-0.05, 0) is 68.2 Å². The number of rotatable bonds is 7. The number of aromatic hydroxyl groups is 1. The fraction of sp³-hybridized carbons (Fsp3) is 0.381. The molecule has 8 nitrogen and oxygen atoms in total. The van der Waals surface area contributed by atoms with Gasteiger partial charge in [-0.25, -0.2) is 0 Å². The number of nitrogens with zero attached hydrogens (tertiary/aromatic N) is 2. The van der Waals surface area contributed by atoms with E-state index in [-0.39, 0.29) is 35.9 Å². The number of allylic oxidation sites excluding steroid dienone is 3. The zero-order valence-electron chi connectivity index (χ0n) is 28.4. The molecular formula is C42H43N3O5. The van der Waals surface area contributed by atoms with Crippen molar-refractivity contribution < 1.29 is 24.3 Å². The van der Waals surface area contributed by atoms with Gasteiger partial charge in [0.15, 0.2) is 0 Å². The third-order valence-corrected chi connectivity index (χ3v) is 12.2. The van der Waals surface area contributed by atoms with E-state index < -0.39 is 40.9 Å². The van der Waals surface area contributed by atoms with Crippen LogP contribution in [0.5, 0.6) is 5.75 Å². The van der Waals surface area contributed by atoms with Gasteiger partial charge in [0.05, 0.1) is 28.9 Å². The smallest absolute Gasteiger partial charge is 0.260 e. The zero-order valence-corrected chi connectivity index (χ0v) is 28.4. The number of likely N-dealkylation sites (tertiary alicyclic amines) is 1. The number of carbonyl (C=O) groups excluding carboxylic acids is 4. The van der Waals surface area contributed by atoms with Crippen molar-refractivity contribution in [3.8, 4) is 5.75 Å². The first kappa shape index (κ1) is 32.2. The largest absolute Gasteiger partial charge is 0.507 e. The number of hydrazine groups is 1. The molecule has 3 aliphatic carbocycles. The number of fused-ring (bicyclic) bond motifs is 4.